The minimum atomic E-state index is 0.560. The highest BCUT2D eigenvalue weighted by Gasteiger charge is 2.03. The zero-order valence-corrected chi connectivity index (χ0v) is 12.7. The molecule has 0 radical (unpaired) electrons. The highest BCUT2D eigenvalue weighted by molar-refractivity contribution is 5.57. The Kier molecular flexibility index (Phi) is 4.20. The smallest absolute Gasteiger partial charge is 0.204 e. The van der Waals surface area contributed by atoms with Crippen molar-refractivity contribution in [1.82, 2.24) is 20.6 Å². The van der Waals surface area contributed by atoms with Crippen LogP contribution in [-0.4, -0.2) is 34.8 Å². The van der Waals surface area contributed by atoms with E-state index in [-0.39, 0.29) is 0 Å². The maximum atomic E-state index is 5.27. The number of rotatable bonds is 3. The number of benzene rings is 2. The zero-order valence-electron chi connectivity index (χ0n) is 12.7. The van der Waals surface area contributed by atoms with E-state index in [1.165, 1.54) is 0 Å². The first-order chi connectivity index (χ1) is 11.3. The number of H-pyrrole nitrogens is 1. The third kappa shape index (κ3) is 3.30. The number of hydrogen-bond acceptors (Lipinski definition) is 5. The van der Waals surface area contributed by atoms with Gasteiger partial charge in [-0.2, -0.15) is 5.21 Å². The Bertz CT molecular complexity index is 847. The largest absolute Gasteiger partial charge is 0.493 e. The van der Waals surface area contributed by atoms with Gasteiger partial charge in [0.15, 0.2) is 11.5 Å². The van der Waals surface area contributed by atoms with E-state index in [1.807, 2.05) is 42.5 Å². The van der Waals surface area contributed by atoms with Crippen LogP contribution in [0.1, 0.15) is 11.1 Å². The van der Waals surface area contributed by atoms with Gasteiger partial charge in [0, 0.05) is 16.7 Å². The van der Waals surface area contributed by atoms with Gasteiger partial charge in [-0.3, -0.25) is 0 Å². The highest BCUT2D eigenvalue weighted by Crippen LogP contribution is 2.27. The van der Waals surface area contributed by atoms with Crippen molar-refractivity contribution < 1.29 is 9.47 Å². The van der Waals surface area contributed by atoms with E-state index in [0.717, 1.165) is 16.7 Å². The number of aromatic amines is 1. The van der Waals surface area contributed by atoms with Crippen molar-refractivity contribution in [3.63, 3.8) is 0 Å². The van der Waals surface area contributed by atoms with Gasteiger partial charge < -0.3 is 9.47 Å². The summed E-state index contributed by atoms with van der Waals surface area (Å²) in [6, 6.07) is 13.2. The van der Waals surface area contributed by atoms with Crippen LogP contribution in [0.4, 0.5) is 0 Å². The summed E-state index contributed by atoms with van der Waals surface area (Å²) in [7, 11) is 3.21. The minimum Gasteiger partial charge on any atom is -0.493 e. The summed E-state index contributed by atoms with van der Waals surface area (Å²) in [6.45, 7) is 0. The Morgan fingerprint density at radius 1 is 0.870 bits per heavy atom. The Balaban J connectivity index is 1.81. The molecule has 6 nitrogen and oxygen atoms in total. The van der Waals surface area contributed by atoms with Gasteiger partial charge in [0.2, 0.25) is 5.82 Å². The van der Waals surface area contributed by atoms with Crippen molar-refractivity contribution in [2.75, 3.05) is 14.2 Å². The summed E-state index contributed by atoms with van der Waals surface area (Å²) in [5, 5.41) is 13.8. The van der Waals surface area contributed by atoms with Gasteiger partial charge in [-0.1, -0.05) is 11.8 Å². The van der Waals surface area contributed by atoms with Crippen LogP contribution >= 0.6 is 0 Å². The molecule has 0 saturated carbocycles. The molecule has 3 aromatic rings. The van der Waals surface area contributed by atoms with Crippen LogP contribution < -0.4 is 9.47 Å². The molecular formula is C17H14N4O2. The van der Waals surface area contributed by atoms with Gasteiger partial charge in [0.1, 0.15) is 0 Å². The van der Waals surface area contributed by atoms with Crippen LogP contribution in [0.3, 0.4) is 0 Å². The Labute approximate surface area is 133 Å². The summed E-state index contributed by atoms with van der Waals surface area (Å²) in [6.07, 6.45) is 0. The average molecular weight is 306 g/mol. The molecule has 23 heavy (non-hydrogen) atoms. The number of aromatic nitrogens is 4. The number of ether oxygens (including phenoxy) is 2. The molecule has 3 rings (SSSR count). The molecule has 0 aliphatic carbocycles. The molecule has 0 bridgehead atoms. The first-order valence-corrected chi connectivity index (χ1v) is 6.88. The lowest BCUT2D eigenvalue weighted by Gasteiger charge is -2.06. The maximum Gasteiger partial charge on any atom is 0.204 e. The molecule has 0 atom stereocenters. The van der Waals surface area contributed by atoms with Gasteiger partial charge in [-0.15, -0.1) is 10.2 Å². The number of nitrogens with zero attached hydrogens (tertiary/aromatic N) is 3. The number of methoxy groups -OCH3 is 2. The standard InChI is InChI=1S/C17H14N4O2/c1-22-15-10-7-13(11-16(15)23-2)4-3-12-5-8-14(9-6-12)17-18-20-21-19-17/h5-11H,1-2H3,(H,18,19,20,21). The van der Waals surface area contributed by atoms with E-state index in [1.54, 1.807) is 14.2 Å². The zero-order chi connectivity index (χ0) is 16.1. The SMILES string of the molecule is COc1ccc(C#Cc2ccc(-c3nn[nH]n3)cc2)cc1OC. The molecule has 1 aromatic heterocycles. The summed E-state index contributed by atoms with van der Waals surface area (Å²) in [5.74, 6) is 8.12. The first-order valence-electron chi connectivity index (χ1n) is 6.88. The van der Waals surface area contributed by atoms with Crippen molar-refractivity contribution in [2.45, 2.75) is 0 Å². The van der Waals surface area contributed by atoms with Crippen molar-refractivity contribution in [3.05, 3.63) is 53.6 Å². The van der Waals surface area contributed by atoms with Crippen molar-refractivity contribution >= 4 is 0 Å². The molecule has 1 N–H and O–H groups in total. The molecule has 114 valence electrons. The summed E-state index contributed by atoms with van der Waals surface area (Å²) >= 11 is 0. The lowest BCUT2D eigenvalue weighted by atomic mass is 10.1. The Morgan fingerprint density at radius 3 is 2.22 bits per heavy atom. The molecule has 0 fully saturated rings. The summed E-state index contributed by atoms with van der Waals surface area (Å²) in [5.41, 5.74) is 2.63. The topological polar surface area (TPSA) is 72.9 Å². The highest BCUT2D eigenvalue weighted by atomic mass is 16.5. The fraction of sp³-hybridized carbons (Fsp3) is 0.118. The molecule has 0 aliphatic rings. The predicted octanol–water partition coefficient (Wildman–Crippen LogP) is 2.28. The van der Waals surface area contributed by atoms with E-state index in [2.05, 4.69) is 32.5 Å². The third-order valence-corrected chi connectivity index (χ3v) is 3.22. The Morgan fingerprint density at radius 2 is 1.57 bits per heavy atom. The van der Waals surface area contributed by atoms with Gasteiger partial charge >= 0.3 is 0 Å². The van der Waals surface area contributed by atoms with Crippen molar-refractivity contribution in [2.24, 2.45) is 0 Å². The predicted molar refractivity (Wildman–Crippen MR) is 85.1 cm³/mol. The van der Waals surface area contributed by atoms with Gasteiger partial charge in [-0.05, 0) is 47.7 Å². The average Bonchev–Trinajstić information content (AvgIpc) is 3.14. The normalized spacial score (nSPS) is 9.83. The second-order valence-electron chi connectivity index (χ2n) is 4.63. The fourth-order valence-electron chi connectivity index (χ4n) is 2.05. The van der Waals surface area contributed by atoms with E-state index < -0.39 is 0 Å². The van der Waals surface area contributed by atoms with Crippen molar-refractivity contribution in [1.29, 1.82) is 0 Å². The van der Waals surface area contributed by atoms with Gasteiger partial charge in [-0.25, -0.2) is 0 Å². The molecule has 6 heteroatoms. The third-order valence-electron chi connectivity index (χ3n) is 3.22. The maximum absolute atomic E-state index is 5.27. The second kappa shape index (κ2) is 6.62. The molecule has 0 saturated heterocycles. The second-order valence-corrected chi connectivity index (χ2v) is 4.63. The molecule has 0 amide bonds. The first kappa shape index (κ1) is 14.6. The molecule has 0 unspecified atom stereocenters. The van der Waals surface area contributed by atoms with Gasteiger partial charge in [0.25, 0.3) is 0 Å². The Hall–Kier alpha value is -3.33. The van der Waals surface area contributed by atoms with Crippen LogP contribution in [0.2, 0.25) is 0 Å². The molecule has 0 aliphatic heterocycles. The van der Waals surface area contributed by atoms with E-state index >= 15 is 0 Å². The number of tetrazole rings is 1. The quantitative estimate of drug-likeness (QED) is 0.752. The summed E-state index contributed by atoms with van der Waals surface area (Å²) < 4.78 is 10.5. The lowest BCUT2D eigenvalue weighted by molar-refractivity contribution is 0.355. The van der Waals surface area contributed by atoms with Crippen molar-refractivity contribution in [3.8, 4) is 34.7 Å². The van der Waals surface area contributed by atoms with Crippen LogP contribution in [0.15, 0.2) is 42.5 Å². The van der Waals surface area contributed by atoms with E-state index in [9.17, 15) is 0 Å². The lowest BCUT2D eigenvalue weighted by Crippen LogP contribution is -1.90. The molecule has 0 spiro atoms. The van der Waals surface area contributed by atoms with Crippen LogP contribution in [-0.2, 0) is 0 Å². The molecule has 2 aromatic carbocycles. The summed E-state index contributed by atoms with van der Waals surface area (Å²) in [4.78, 5) is 0. The van der Waals surface area contributed by atoms with E-state index in [0.29, 0.717) is 17.3 Å². The minimum absolute atomic E-state index is 0.560. The van der Waals surface area contributed by atoms with E-state index in [4.69, 9.17) is 9.47 Å². The van der Waals surface area contributed by atoms with Gasteiger partial charge in [0.05, 0.1) is 14.2 Å². The van der Waals surface area contributed by atoms with Crippen LogP contribution in [0.25, 0.3) is 11.4 Å². The van der Waals surface area contributed by atoms with Crippen LogP contribution in [0.5, 0.6) is 11.5 Å². The molecular weight excluding hydrogens is 292 g/mol. The number of nitrogens with one attached hydrogen (secondary N) is 1. The monoisotopic (exact) mass is 306 g/mol. The number of hydrogen-bond donors (Lipinski definition) is 1. The fourth-order valence-corrected chi connectivity index (χ4v) is 2.05. The van der Waals surface area contributed by atoms with Crippen LogP contribution in [0, 0.1) is 11.8 Å². The molecule has 1 heterocycles.